The summed E-state index contributed by atoms with van der Waals surface area (Å²) in [6.45, 7) is 3.93. The number of amides is 1. The van der Waals surface area contributed by atoms with Crippen molar-refractivity contribution >= 4 is 45.9 Å². The number of rotatable bonds is 9. The molecule has 0 aliphatic heterocycles. The lowest BCUT2D eigenvalue weighted by atomic mass is 10.1. The van der Waals surface area contributed by atoms with Crippen LogP contribution < -0.4 is 10.1 Å². The zero-order valence-electron chi connectivity index (χ0n) is 18.3. The van der Waals surface area contributed by atoms with Crippen LogP contribution in [0.1, 0.15) is 32.5 Å². The number of carbonyl (C=O) groups excluding carboxylic acids is 3. The standard InChI is InChI=1S/C20H21N5O6S2/c1-5-31-13-9-7-6-8-12(13)25-20(22-23-24-25)32-10-14(26)21-17-15(18(27)29-3)11(2)16(33-17)19(28)30-4/h6-9H,5,10H2,1-4H3,(H,21,26). The summed E-state index contributed by atoms with van der Waals surface area (Å²) in [4.78, 5) is 37.1. The number of methoxy groups -OCH3 is 2. The Morgan fingerprint density at radius 3 is 2.58 bits per heavy atom. The van der Waals surface area contributed by atoms with Crippen molar-refractivity contribution in [2.75, 3.05) is 31.9 Å². The van der Waals surface area contributed by atoms with Gasteiger partial charge in [-0.2, -0.15) is 4.68 Å². The number of para-hydroxylation sites is 2. The van der Waals surface area contributed by atoms with Gasteiger partial charge in [-0.15, -0.1) is 16.4 Å². The van der Waals surface area contributed by atoms with E-state index in [4.69, 9.17) is 14.2 Å². The van der Waals surface area contributed by atoms with E-state index < -0.39 is 17.8 Å². The molecule has 0 aliphatic rings. The predicted octanol–water partition coefficient (Wildman–Crippen LogP) is 2.73. The van der Waals surface area contributed by atoms with Crippen molar-refractivity contribution in [1.29, 1.82) is 0 Å². The van der Waals surface area contributed by atoms with Crippen molar-refractivity contribution in [3.63, 3.8) is 0 Å². The van der Waals surface area contributed by atoms with Gasteiger partial charge in [0.1, 0.15) is 21.3 Å². The highest BCUT2D eigenvalue weighted by atomic mass is 32.2. The van der Waals surface area contributed by atoms with Gasteiger partial charge < -0.3 is 19.5 Å². The van der Waals surface area contributed by atoms with E-state index in [1.54, 1.807) is 19.1 Å². The van der Waals surface area contributed by atoms with Crippen molar-refractivity contribution in [3.8, 4) is 11.4 Å². The second kappa shape index (κ2) is 10.9. The van der Waals surface area contributed by atoms with E-state index in [2.05, 4.69) is 20.8 Å². The summed E-state index contributed by atoms with van der Waals surface area (Å²) in [7, 11) is 2.46. The van der Waals surface area contributed by atoms with Gasteiger partial charge in [-0.1, -0.05) is 23.9 Å². The Morgan fingerprint density at radius 2 is 1.88 bits per heavy atom. The Morgan fingerprint density at radius 1 is 1.15 bits per heavy atom. The van der Waals surface area contributed by atoms with Gasteiger partial charge in [0, 0.05) is 0 Å². The van der Waals surface area contributed by atoms with Gasteiger partial charge in [-0.3, -0.25) is 4.79 Å². The van der Waals surface area contributed by atoms with Gasteiger partial charge in [0.2, 0.25) is 11.1 Å². The highest BCUT2D eigenvalue weighted by Gasteiger charge is 2.27. The van der Waals surface area contributed by atoms with E-state index in [0.29, 0.717) is 28.8 Å². The van der Waals surface area contributed by atoms with Crippen LogP contribution in [0.5, 0.6) is 5.75 Å². The Bertz CT molecular complexity index is 1180. The quantitative estimate of drug-likeness (QED) is 0.352. The minimum atomic E-state index is -0.668. The zero-order chi connectivity index (χ0) is 24.0. The summed E-state index contributed by atoms with van der Waals surface area (Å²) in [5, 5.41) is 14.9. The van der Waals surface area contributed by atoms with Crippen molar-refractivity contribution in [3.05, 3.63) is 40.3 Å². The van der Waals surface area contributed by atoms with E-state index in [1.165, 1.54) is 18.9 Å². The van der Waals surface area contributed by atoms with Crippen LogP contribution >= 0.6 is 23.1 Å². The zero-order valence-corrected chi connectivity index (χ0v) is 19.9. The minimum absolute atomic E-state index is 0.0533. The molecule has 0 saturated heterocycles. The molecule has 13 heteroatoms. The van der Waals surface area contributed by atoms with Crippen molar-refractivity contribution in [2.45, 2.75) is 19.0 Å². The molecule has 0 aliphatic carbocycles. The van der Waals surface area contributed by atoms with E-state index in [0.717, 1.165) is 23.1 Å². The number of nitrogens with one attached hydrogen (secondary N) is 1. The first kappa shape index (κ1) is 24.2. The predicted molar refractivity (Wildman–Crippen MR) is 121 cm³/mol. The summed E-state index contributed by atoms with van der Waals surface area (Å²) in [5.74, 6) is -1.15. The van der Waals surface area contributed by atoms with Gasteiger partial charge in [0.05, 0.1) is 32.1 Å². The fourth-order valence-corrected chi connectivity index (χ4v) is 4.67. The molecular formula is C20H21N5O6S2. The van der Waals surface area contributed by atoms with Gasteiger partial charge in [-0.25, -0.2) is 9.59 Å². The number of carbonyl (C=O) groups is 3. The van der Waals surface area contributed by atoms with Crippen LogP contribution in [-0.2, 0) is 14.3 Å². The highest BCUT2D eigenvalue weighted by molar-refractivity contribution is 7.99. The van der Waals surface area contributed by atoms with Crippen LogP contribution in [0.25, 0.3) is 5.69 Å². The number of anilines is 1. The van der Waals surface area contributed by atoms with Crippen LogP contribution in [0.2, 0.25) is 0 Å². The lowest BCUT2D eigenvalue weighted by molar-refractivity contribution is -0.113. The molecule has 0 bridgehead atoms. The third kappa shape index (κ3) is 5.31. The molecule has 0 atom stereocenters. The molecule has 0 spiro atoms. The monoisotopic (exact) mass is 491 g/mol. The topological polar surface area (TPSA) is 135 Å². The van der Waals surface area contributed by atoms with E-state index >= 15 is 0 Å². The number of tetrazole rings is 1. The summed E-state index contributed by atoms with van der Waals surface area (Å²) in [6, 6.07) is 7.27. The van der Waals surface area contributed by atoms with E-state index in [-0.39, 0.29) is 21.2 Å². The third-order valence-electron chi connectivity index (χ3n) is 4.33. The summed E-state index contributed by atoms with van der Waals surface area (Å²) < 4.78 is 16.7. The van der Waals surface area contributed by atoms with Crippen LogP contribution in [0.3, 0.4) is 0 Å². The maximum Gasteiger partial charge on any atom is 0.348 e. The molecule has 0 unspecified atom stereocenters. The van der Waals surface area contributed by atoms with Crippen molar-refractivity contribution in [1.82, 2.24) is 20.2 Å². The number of aromatic nitrogens is 4. The number of thioether (sulfide) groups is 1. The minimum Gasteiger partial charge on any atom is -0.492 e. The molecule has 0 saturated carbocycles. The third-order valence-corrected chi connectivity index (χ3v) is 6.43. The molecule has 33 heavy (non-hydrogen) atoms. The fourth-order valence-electron chi connectivity index (χ4n) is 2.86. The maximum atomic E-state index is 12.7. The molecule has 3 rings (SSSR count). The SMILES string of the molecule is CCOc1ccccc1-n1nnnc1SCC(=O)Nc1sc(C(=O)OC)c(C)c1C(=O)OC. The average Bonchev–Trinajstić information content (AvgIpc) is 3.41. The maximum absolute atomic E-state index is 12.7. The van der Waals surface area contributed by atoms with Crippen molar-refractivity contribution in [2.24, 2.45) is 0 Å². The van der Waals surface area contributed by atoms with Crippen LogP contribution in [0.4, 0.5) is 5.00 Å². The van der Waals surface area contributed by atoms with Gasteiger partial charge in [0.25, 0.3) is 0 Å². The summed E-state index contributed by atoms with van der Waals surface area (Å²) in [5.41, 5.74) is 1.12. The summed E-state index contributed by atoms with van der Waals surface area (Å²) in [6.07, 6.45) is 0. The number of hydrogen-bond acceptors (Lipinski definition) is 11. The number of esters is 2. The average molecular weight is 492 g/mol. The Hall–Kier alpha value is -3.45. The van der Waals surface area contributed by atoms with E-state index in [1.807, 2.05) is 19.1 Å². The molecule has 2 heterocycles. The van der Waals surface area contributed by atoms with Gasteiger partial charge in [-0.05, 0) is 42.0 Å². The first-order valence-electron chi connectivity index (χ1n) is 9.64. The molecule has 2 aromatic heterocycles. The lowest BCUT2D eigenvalue weighted by Crippen LogP contribution is -2.16. The summed E-state index contributed by atoms with van der Waals surface area (Å²) >= 11 is 2.04. The Balaban J connectivity index is 1.77. The van der Waals surface area contributed by atoms with Gasteiger partial charge >= 0.3 is 11.9 Å². The molecule has 1 N–H and O–H groups in total. The number of thiophene rings is 1. The molecular weight excluding hydrogens is 470 g/mol. The van der Waals surface area contributed by atoms with E-state index in [9.17, 15) is 14.4 Å². The van der Waals surface area contributed by atoms with Crippen molar-refractivity contribution < 1.29 is 28.6 Å². The Kier molecular flexibility index (Phi) is 8.01. The molecule has 1 aromatic carbocycles. The highest BCUT2D eigenvalue weighted by Crippen LogP contribution is 2.34. The normalized spacial score (nSPS) is 10.5. The number of ether oxygens (including phenoxy) is 3. The van der Waals surface area contributed by atoms with Crippen LogP contribution in [-0.4, -0.2) is 64.6 Å². The molecule has 174 valence electrons. The van der Waals surface area contributed by atoms with Gasteiger partial charge in [0.15, 0.2) is 0 Å². The number of nitrogens with zero attached hydrogens (tertiary/aromatic N) is 4. The fraction of sp³-hybridized carbons (Fsp3) is 0.300. The number of hydrogen-bond donors (Lipinski definition) is 1. The first-order valence-corrected chi connectivity index (χ1v) is 11.4. The second-order valence-electron chi connectivity index (χ2n) is 6.35. The molecule has 1 amide bonds. The number of benzene rings is 1. The Labute approximate surface area is 197 Å². The molecule has 0 radical (unpaired) electrons. The lowest BCUT2D eigenvalue weighted by Gasteiger charge is -2.10. The molecule has 0 fully saturated rings. The van der Waals surface area contributed by atoms with Crippen LogP contribution in [0.15, 0.2) is 29.4 Å². The second-order valence-corrected chi connectivity index (χ2v) is 8.32. The molecule has 11 nitrogen and oxygen atoms in total. The first-order chi connectivity index (χ1) is 15.9. The smallest absolute Gasteiger partial charge is 0.348 e. The van der Waals surface area contributed by atoms with Crippen LogP contribution in [0, 0.1) is 6.92 Å². The largest absolute Gasteiger partial charge is 0.492 e. The molecule has 3 aromatic rings.